The molecule has 0 spiro atoms. The number of nitrogens with zero attached hydrogens (tertiary/aromatic N) is 1. The number of hydrogen-bond acceptors (Lipinski definition) is 2. The zero-order chi connectivity index (χ0) is 13.6. The molecular formula is C16H15NO2. The van der Waals surface area contributed by atoms with Gasteiger partial charge in [0, 0.05) is 18.2 Å². The van der Waals surface area contributed by atoms with Crippen LogP contribution in [-0.4, -0.2) is 18.1 Å². The molecule has 0 radical (unpaired) electrons. The average molecular weight is 253 g/mol. The fourth-order valence-electron chi connectivity index (χ4n) is 2.78. The molecule has 1 heterocycles. The van der Waals surface area contributed by atoms with Gasteiger partial charge in [-0.1, -0.05) is 42.5 Å². The lowest BCUT2D eigenvalue weighted by atomic mass is 9.85. The largest absolute Gasteiger partial charge is 0.372 e. The van der Waals surface area contributed by atoms with Crippen molar-refractivity contribution in [1.29, 1.82) is 0 Å². The van der Waals surface area contributed by atoms with E-state index < -0.39 is 5.60 Å². The Balaban J connectivity index is 2.31. The number of carbonyl (C=O) groups is 1. The average Bonchev–Trinajstić information content (AvgIpc) is 2.63. The Labute approximate surface area is 112 Å². The molecule has 0 saturated carbocycles. The monoisotopic (exact) mass is 253 g/mol. The number of aryl methyl sites for hydroxylation is 1. The van der Waals surface area contributed by atoms with Gasteiger partial charge in [-0.3, -0.25) is 4.79 Å². The number of para-hydroxylation sites is 1. The fourth-order valence-corrected chi connectivity index (χ4v) is 2.78. The van der Waals surface area contributed by atoms with Crippen LogP contribution in [0.5, 0.6) is 0 Å². The lowest BCUT2D eigenvalue weighted by molar-refractivity contribution is -0.131. The van der Waals surface area contributed by atoms with E-state index in [1.54, 1.807) is 7.05 Å². The Morgan fingerprint density at radius 3 is 2.26 bits per heavy atom. The van der Waals surface area contributed by atoms with Crippen molar-refractivity contribution in [3.8, 4) is 0 Å². The molecule has 0 aromatic heterocycles. The van der Waals surface area contributed by atoms with Crippen LogP contribution < -0.4 is 4.90 Å². The molecule has 1 aliphatic heterocycles. The molecule has 0 aliphatic carbocycles. The van der Waals surface area contributed by atoms with Gasteiger partial charge < -0.3 is 10.0 Å². The second-order valence-corrected chi connectivity index (χ2v) is 4.91. The van der Waals surface area contributed by atoms with Crippen LogP contribution in [0.4, 0.5) is 5.69 Å². The van der Waals surface area contributed by atoms with E-state index in [1.807, 2.05) is 55.5 Å². The third-order valence-corrected chi connectivity index (χ3v) is 3.80. The van der Waals surface area contributed by atoms with Crippen LogP contribution in [0.15, 0.2) is 48.5 Å². The van der Waals surface area contributed by atoms with Gasteiger partial charge in [0.05, 0.1) is 5.69 Å². The molecule has 1 atom stereocenters. The van der Waals surface area contributed by atoms with Crippen molar-refractivity contribution in [2.45, 2.75) is 12.5 Å². The summed E-state index contributed by atoms with van der Waals surface area (Å²) in [5, 5.41) is 11.0. The zero-order valence-corrected chi connectivity index (χ0v) is 10.9. The smallest absolute Gasteiger partial charge is 0.268 e. The second kappa shape index (κ2) is 3.93. The highest BCUT2D eigenvalue weighted by molar-refractivity contribution is 6.08. The molecule has 3 heteroatoms. The summed E-state index contributed by atoms with van der Waals surface area (Å²) in [4.78, 5) is 14.0. The summed E-state index contributed by atoms with van der Waals surface area (Å²) in [6.45, 7) is 1.90. The summed E-state index contributed by atoms with van der Waals surface area (Å²) in [7, 11) is 1.69. The van der Waals surface area contributed by atoms with E-state index in [0.717, 1.165) is 11.3 Å². The number of fused-ring (bicyclic) bond motifs is 1. The Morgan fingerprint density at radius 1 is 1.00 bits per heavy atom. The van der Waals surface area contributed by atoms with Gasteiger partial charge in [-0.05, 0) is 18.6 Å². The van der Waals surface area contributed by atoms with Gasteiger partial charge in [0.25, 0.3) is 5.91 Å². The molecule has 96 valence electrons. The highest BCUT2D eigenvalue weighted by Crippen LogP contribution is 2.44. The Hall–Kier alpha value is -2.13. The summed E-state index contributed by atoms with van der Waals surface area (Å²) in [6, 6.07) is 14.8. The first-order valence-electron chi connectivity index (χ1n) is 6.23. The van der Waals surface area contributed by atoms with Gasteiger partial charge in [0.15, 0.2) is 5.60 Å². The molecule has 1 amide bonds. The minimum atomic E-state index is -1.57. The Kier molecular flexibility index (Phi) is 2.47. The van der Waals surface area contributed by atoms with Crippen LogP contribution in [-0.2, 0) is 10.4 Å². The molecule has 0 saturated heterocycles. The van der Waals surface area contributed by atoms with Crippen molar-refractivity contribution in [2.75, 3.05) is 11.9 Å². The first kappa shape index (κ1) is 11.9. The zero-order valence-electron chi connectivity index (χ0n) is 10.9. The van der Waals surface area contributed by atoms with E-state index in [4.69, 9.17) is 0 Å². The second-order valence-electron chi connectivity index (χ2n) is 4.91. The molecule has 2 aromatic carbocycles. The van der Waals surface area contributed by atoms with Crippen LogP contribution in [0.25, 0.3) is 0 Å². The van der Waals surface area contributed by atoms with Crippen LogP contribution in [0.1, 0.15) is 16.7 Å². The predicted molar refractivity (Wildman–Crippen MR) is 74.0 cm³/mol. The molecular weight excluding hydrogens is 238 g/mol. The van der Waals surface area contributed by atoms with Crippen molar-refractivity contribution in [2.24, 2.45) is 0 Å². The van der Waals surface area contributed by atoms with Crippen molar-refractivity contribution in [3.63, 3.8) is 0 Å². The van der Waals surface area contributed by atoms with Gasteiger partial charge in [-0.15, -0.1) is 0 Å². The van der Waals surface area contributed by atoms with E-state index in [1.165, 1.54) is 4.90 Å². The Morgan fingerprint density at radius 2 is 1.58 bits per heavy atom. The maximum atomic E-state index is 12.5. The third-order valence-electron chi connectivity index (χ3n) is 3.80. The number of benzene rings is 2. The van der Waals surface area contributed by atoms with Gasteiger partial charge in [0.1, 0.15) is 0 Å². The van der Waals surface area contributed by atoms with Crippen LogP contribution in [0, 0.1) is 6.92 Å². The van der Waals surface area contributed by atoms with E-state index in [0.29, 0.717) is 11.1 Å². The molecule has 1 N–H and O–H groups in total. The van der Waals surface area contributed by atoms with Gasteiger partial charge >= 0.3 is 0 Å². The Bertz CT molecular complexity index is 665. The number of rotatable bonds is 1. The van der Waals surface area contributed by atoms with E-state index >= 15 is 0 Å². The van der Waals surface area contributed by atoms with E-state index in [-0.39, 0.29) is 5.91 Å². The molecule has 0 bridgehead atoms. The van der Waals surface area contributed by atoms with Crippen LogP contribution in [0.3, 0.4) is 0 Å². The van der Waals surface area contributed by atoms with Gasteiger partial charge in [0.2, 0.25) is 0 Å². The number of anilines is 1. The first-order valence-corrected chi connectivity index (χ1v) is 6.23. The van der Waals surface area contributed by atoms with E-state index in [9.17, 15) is 9.90 Å². The molecule has 2 aromatic rings. The summed E-state index contributed by atoms with van der Waals surface area (Å²) in [5.74, 6) is -0.303. The van der Waals surface area contributed by atoms with Crippen LogP contribution in [0.2, 0.25) is 0 Å². The lowest BCUT2D eigenvalue weighted by Gasteiger charge is -2.24. The number of likely N-dealkylation sites (N-methyl/N-ethyl adjacent to an activating group) is 1. The highest BCUT2D eigenvalue weighted by Gasteiger charge is 2.50. The summed E-state index contributed by atoms with van der Waals surface area (Å²) < 4.78 is 0. The normalized spacial score (nSPS) is 21.6. The van der Waals surface area contributed by atoms with Crippen molar-refractivity contribution in [1.82, 2.24) is 0 Å². The predicted octanol–water partition coefficient (Wildman–Crippen LogP) is 2.21. The summed E-state index contributed by atoms with van der Waals surface area (Å²) in [5.41, 5.74) is 1.40. The van der Waals surface area contributed by atoms with Gasteiger partial charge in [-0.2, -0.15) is 0 Å². The van der Waals surface area contributed by atoms with Crippen molar-refractivity contribution < 1.29 is 9.90 Å². The summed E-state index contributed by atoms with van der Waals surface area (Å²) in [6.07, 6.45) is 0. The lowest BCUT2D eigenvalue weighted by Crippen LogP contribution is -2.39. The van der Waals surface area contributed by atoms with Crippen LogP contribution >= 0.6 is 0 Å². The highest BCUT2D eigenvalue weighted by atomic mass is 16.3. The maximum absolute atomic E-state index is 12.5. The molecule has 0 fully saturated rings. The van der Waals surface area contributed by atoms with Crippen molar-refractivity contribution >= 4 is 11.6 Å². The summed E-state index contributed by atoms with van der Waals surface area (Å²) >= 11 is 0. The molecule has 3 nitrogen and oxygen atoms in total. The molecule has 19 heavy (non-hydrogen) atoms. The SMILES string of the molecule is Cc1ccccc1C1(O)C(=O)N(C)c2ccccc21. The quantitative estimate of drug-likeness (QED) is 0.846. The molecule has 1 unspecified atom stereocenters. The van der Waals surface area contributed by atoms with Crippen molar-refractivity contribution in [3.05, 3.63) is 65.2 Å². The topological polar surface area (TPSA) is 40.5 Å². The fraction of sp³-hybridized carbons (Fsp3) is 0.188. The minimum Gasteiger partial charge on any atom is -0.372 e. The number of hydrogen-bond donors (Lipinski definition) is 1. The standard InChI is InChI=1S/C16H15NO2/c1-11-7-3-4-8-12(11)16(19)13-9-5-6-10-14(13)17(2)15(16)18/h3-10,19H,1-2H3. The minimum absolute atomic E-state index is 0.303. The maximum Gasteiger partial charge on any atom is 0.268 e. The third kappa shape index (κ3) is 1.45. The molecule has 1 aliphatic rings. The number of aliphatic hydroxyl groups is 1. The molecule has 3 rings (SSSR count). The first-order chi connectivity index (χ1) is 9.06. The number of carbonyl (C=O) groups excluding carboxylic acids is 1. The van der Waals surface area contributed by atoms with Gasteiger partial charge in [-0.25, -0.2) is 0 Å². The number of amides is 1. The van der Waals surface area contributed by atoms with E-state index in [2.05, 4.69) is 0 Å².